The lowest BCUT2D eigenvalue weighted by Gasteiger charge is -2.11. The van der Waals surface area contributed by atoms with E-state index in [1.165, 1.54) is 14.2 Å². The van der Waals surface area contributed by atoms with Crippen molar-refractivity contribution in [1.29, 1.82) is 0 Å². The summed E-state index contributed by atoms with van der Waals surface area (Å²) in [5.74, 6) is 0.144. The lowest BCUT2D eigenvalue weighted by molar-refractivity contribution is 0.0599. The molecule has 0 amide bonds. The maximum atomic E-state index is 11.5. The molecule has 0 aromatic heterocycles. The van der Waals surface area contributed by atoms with Crippen LogP contribution in [-0.2, 0) is 10.1 Å². The van der Waals surface area contributed by atoms with Crippen LogP contribution < -0.4 is 4.74 Å². The summed E-state index contributed by atoms with van der Waals surface area (Å²) in [5, 5.41) is 0.939. The molecule has 15 heavy (non-hydrogen) atoms. The molecule has 1 aromatic carbocycles. The Balaban J connectivity index is 3.35. The average molecular weight is 294 g/mol. The van der Waals surface area contributed by atoms with Crippen LogP contribution in [0.15, 0.2) is 12.1 Å². The second-order valence-electron chi connectivity index (χ2n) is 2.76. The first-order valence-electron chi connectivity index (χ1n) is 4.14. The number of hydrogen-bond acceptors (Lipinski definition) is 3. The Morgan fingerprint density at radius 2 is 2.13 bits per heavy atom. The van der Waals surface area contributed by atoms with Gasteiger partial charge in [-0.25, -0.2) is 4.79 Å². The molecule has 0 aliphatic rings. The summed E-state index contributed by atoms with van der Waals surface area (Å²) < 4.78 is 9.79. The summed E-state index contributed by atoms with van der Waals surface area (Å²) in [5.41, 5.74) is 1.15. The van der Waals surface area contributed by atoms with Crippen LogP contribution in [0.1, 0.15) is 15.9 Å². The lowest BCUT2D eigenvalue weighted by atomic mass is 10.1. The molecule has 0 unspecified atom stereocenters. The smallest absolute Gasteiger partial charge is 0.338 e. The van der Waals surface area contributed by atoms with Crippen LogP contribution in [0.2, 0.25) is 5.02 Å². The fourth-order valence-electron chi connectivity index (χ4n) is 1.22. The van der Waals surface area contributed by atoms with E-state index in [2.05, 4.69) is 20.7 Å². The van der Waals surface area contributed by atoms with E-state index in [0.29, 0.717) is 21.7 Å². The Bertz CT molecular complexity index is 379. The first kappa shape index (κ1) is 12.3. The molecule has 3 nitrogen and oxygen atoms in total. The van der Waals surface area contributed by atoms with Crippen LogP contribution in [0.4, 0.5) is 0 Å². The quantitative estimate of drug-likeness (QED) is 0.635. The van der Waals surface area contributed by atoms with Gasteiger partial charge in [-0.05, 0) is 12.1 Å². The standard InChI is InChI=1S/C10H10BrClO3/c1-14-9-4-6(12)3-7(8(9)5-11)10(13)15-2/h3-4H,5H2,1-2H3. The van der Waals surface area contributed by atoms with E-state index in [-0.39, 0.29) is 0 Å². The number of alkyl halides is 1. The van der Waals surface area contributed by atoms with Crippen LogP contribution in [0.25, 0.3) is 0 Å². The minimum Gasteiger partial charge on any atom is -0.496 e. The topological polar surface area (TPSA) is 35.5 Å². The fourth-order valence-corrected chi connectivity index (χ4v) is 2.01. The number of rotatable bonds is 3. The van der Waals surface area contributed by atoms with Crippen molar-refractivity contribution >= 4 is 33.5 Å². The molecule has 0 atom stereocenters. The second-order valence-corrected chi connectivity index (χ2v) is 3.76. The van der Waals surface area contributed by atoms with Crippen molar-refractivity contribution in [1.82, 2.24) is 0 Å². The number of carbonyl (C=O) groups excluding carboxylic acids is 1. The predicted molar refractivity (Wildman–Crippen MR) is 62.0 cm³/mol. The second kappa shape index (κ2) is 5.37. The third kappa shape index (κ3) is 2.63. The number of ether oxygens (including phenoxy) is 2. The van der Waals surface area contributed by atoms with Crippen molar-refractivity contribution in [2.24, 2.45) is 0 Å². The number of benzene rings is 1. The molecule has 5 heteroatoms. The van der Waals surface area contributed by atoms with Gasteiger partial charge in [-0.3, -0.25) is 0 Å². The van der Waals surface area contributed by atoms with Gasteiger partial charge in [0.1, 0.15) is 5.75 Å². The first-order valence-corrected chi connectivity index (χ1v) is 5.64. The van der Waals surface area contributed by atoms with Crippen molar-refractivity contribution < 1.29 is 14.3 Å². The number of carbonyl (C=O) groups is 1. The molecule has 0 heterocycles. The molecule has 82 valence electrons. The maximum absolute atomic E-state index is 11.5. The Hall–Kier alpha value is -0.740. The molecule has 0 aliphatic carbocycles. The molecular weight excluding hydrogens is 283 g/mol. The number of methoxy groups -OCH3 is 2. The van der Waals surface area contributed by atoms with Gasteiger partial charge in [0, 0.05) is 15.9 Å². The largest absolute Gasteiger partial charge is 0.496 e. The average Bonchev–Trinajstić information content (AvgIpc) is 2.26. The van der Waals surface area contributed by atoms with E-state index in [0.717, 1.165) is 5.56 Å². The van der Waals surface area contributed by atoms with E-state index in [1.54, 1.807) is 12.1 Å². The van der Waals surface area contributed by atoms with Crippen LogP contribution in [-0.4, -0.2) is 20.2 Å². The molecule has 0 radical (unpaired) electrons. The SMILES string of the molecule is COC(=O)c1cc(Cl)cc(OC)c1CBr. The molecule has 0 spiro atoms. The maximum Gasteiger partial charge on any atom is 0.338 e. The number of esters is 1. The monoisotopic (exact) mass is 292 g/mol. The predicted octanol–water partition coefficient (Wildman–Crippen LogP) is 3.03. The molecular formula is C10H10BrClO3. The van der Waals surface area contributed by atoms with Gasteiger partial charge in [-0.1, -0.05) is 27.5 Å². The highest BCUT2D eigenvalue weighted by Crippen LogP contribution is 2.29. The Kier molecular flexibility index (Phi) is 4.42. The highest BCUT2D eigenvalue weighted by molar-refractivity contribution is 9.08. The zero-order chi connectivity index (χ0) is 11.4. The third-order valence-corrected chi connectivity index (χ3v) is 2.71. The van der Waals surface area contributed by atoms with Crippen LogP contribution in [0, 0.1) is 0 Å². The molecule has 1 aromatic rings. The van der Waals surface area contributed by atoms with E-state index in [4.69, 9.17) is 16.3 Å². The van der Waals surface area contributed by atoms with Gasteiger partial charge in [0.25, 0.3) is 0 Å². The van der Waals surface area contributed by atoms with E-state index in [9.17, 15) is 4.79 Å². The summed E-state index contributed by atoms with van der Waals surface area (Å²) in [7, 11) is 2.85. The van der Waals surface area contributed by atoms with Gasteiger partial charge >= 0.3 is 5.97 Å². The van der Waals surface area contributed by atoms with E-state index < -0.39 is 5.97 Å². The van der Waals surface area contributed by atoms with Crippen molar-refractivity contribution in [3.8, 4) is 5.75 Å². The molecule has 0 fully saturated rings. The molecule has 0 bridgehead atoms. The first-order chi connectivity index (χ1) is 7.13. The van der Waals surface area contributed by atoms with Crippen molar-refractivity contribution in [2.75, 3.05) is 14.2 Å². The highest BCUT2D eigenvalue weighted by atomic mass is 79.9. The zero-order valence-corrected chi connectivity index (χ0v) is 10.7. The Morgan fingerprint density at radius 1 is 1.47 bits per heavy atom. The number of halogens is 2. The third-order valence-electron chi connectivity index (χ3n) is 1.93. The van der Waals surface area contributed by atoms with Gasteiger partial charge in [0.15, 0.2) is 0 Å². The normalized spacial score (nSPS) is 9.87. The van der Waals surface area contributed by atoms with Gasteiger partial charge in [-0.2, -0.15) is 0 Å². The fraction of sp³-hybridized carbons (Fsp3) is 0.300. The molecule has 0 saturated heterocycles. The van der Waals surface area contributed by atoms with E-state index >= 15 is 0 Å². The summed E-state index contributed by atoms with van der Waals surface area (Å²) in [6, 6.07) is 3.22. The highest BCUT2D eigenvalue weighted by Gasteiger charge is 2.16. The summed E-state index contributed by atoms with van der Waals surface area (Å²) in [6.07, 6.45) is 0. The summed E-state index contributed by atoms with van der Waals surface area (Å²) >= 11 is 9.15. The van der Waals surface area contributed by atoms with Crippen LogP contribution in [0.3, 0.4) is 0 Å². The molecule has 1 rings (SSSR count). The molecule has 0 N–H and O–H groups in total. The summed E-state index contributed by atoms with van der Waals surface area (Å²) in [6.45, 7) is 0. The minimum absolute atomic E-state index is 0.415. The summed E-state index contributed by atoms with van der Waals surface area (Å²) in [4.78, 5) is 11.5. The number of hydrogen-bond donors (Lipinski definition) is 0. The van der Waals surface area contributed by atoms with Gasteiger partial charge in [-0.15, -0.1) is 0 Å². The molecule has 0 saturated carbocycles. The van der Waals surface area contributed by atoms with Crippen molar-refractivity contribution in [2.45, 2.75) is 5.33 Å². The van der Waals surface area contributed by atoms with Crippen LogP contribution >= 0.6 is 27.5 Å². The van der Waals surface area contributed by atoms with Gasteiger partial charge in [0.2, 0.25) is 0 Å². The van der Waals surface area contributed by atoms with Crippen molar-refractivity contribution in [3.05, 3.63) is 28.3 Å². The molecule has 0 aliphatic heterocycles. The van der Waals surface area contributed by atoms with Gasteiger partial charge in [0.05, 0.1) is 19.8 Å². The minimum atomic E-state index is -0.426. The lowest BCUT2D eigenvalue weighted by Crippen LogP contribution is -2.06. The van der Waals surface area contributed by atoms with Gasteiger partial charge < -0.3 is 9.47 Å². The zero-order valence-electron chi connectivity index (χ0n) is 8.34. The van der Waals surface area contributed by atoms with Crippen LogP contribution in [0.5, 0.6) is 5.75 Å². The Morgan fingerprint density at radius 3 is 2.60 bits per heavy atom. The van der Waals surface area contributed by atoms with E-state index in [1.807, 2.05) is 0 Å². The van der Waals surface area contributed by atoms with Crippen molar-refractivity contribution in [3.63, 3.8) is 0 Å². The Labute approximate surface area is 101 Å².